The van der Waals surface area contributed by atoms with Gasteiger partial charge in [-0.15, -0.1) is 0 Å². The number of halogens is 3. The van der Waals surface area contributed by atoms with Gasteiger partial charge < -0.3 is 20.4 Å². The molecule has 8 heteroatoms. The fourth-order valence-corrected chi connectivity index (χ4v) is 6.35. The highest BCUT2D eigenvalue weighted by Gasteiger charge is 2.71. The molecule has 164 valence electrons. The van der Waals surface area contributed by atoms with E-state index in [9.17, 15) is 13.6 Å². The average Bonchev–Trinajstić information content (AvgIpc) is 3.13. The molecule has 3 saturated carbocycles. The Balaban J connectivity index is 1.35. The summed E-state index contributed by atoms with van der Waals surface area (Å²) in [6.45, 7) is 4.07. The minimum absolute atomic E-state index is 0.183. The van der Waals surface area contributed by atoms with E-state index < -0.39 is 17.8 Å². The van der Waals surface area contributed by atoms with Crippen molar-refractivity contribution in [3.63, 3.8) is 0 Å². The number of alkyl halides is 2. The van der Waals surface area contributed by atoms with E-state index in [0.717, 1.165) is 42.3 Å². The van der Waals surface area contributed by atoms with Crippen LogP contribution in [-0.2, 0) is 5.54 Å². The van der Waals surface area contributed by atoms with Crippen LogP contribution in [0.4, 0.5) is 14.5 Å². The predicted molar refractivity (Wildman–Crippen MR) is 114 cm³/mol. The average molecular weight is 448 g/mol. The molecule has 3 aliphatic carbocycles. The second-order valence-corrected chi connectivity index (χ2v) is 9.95. The lowest BCUT2D eigenvalue weighted by atomic mass is 9.74. The molecule has 1 aromatic heterocycles. The Morgan fingerprint density at radius 3 is 2.61 bits per heavy atom. The molecule has 1 aromatic carbocycles. The fraction of sp³-hybridized carbons (Fsp3) is 0.522. The quantitative estimate of drug-likeness (QED) is 0.568. The van der Waals surface area contributed by atoms with Crippen LogP contribution in [-0.4, -0.2) is 17.9 Å². The zero-order valence-corrected chi connectivity index (χ0v) is 17.7. The first-order valence-electron chi connectivity index (χ1n) is 11.0. The van der Waals surface area contributed by atoms with Crippen molar-refractivity contribution in [2.24, 2.45) is 11.8 Å². The highest BCUT2D eigenvalue weighted by molar-refractivity contribution is 6.34. The van der Waals surface area contributed by atoms with Gasteiger partial charge in [0, 0.05) is 28.8 Å². The third-order valence-corrected chi connectivity index (χ3v) is 7.91. The molecule has 3 atom stereocenters. The Morgan fingerprint density at radius 2 is 1.90 bits per heavy atom. The third-order valence-electron chi connectivity index (χ3n) is 7.61. The molecule has 3 fully saturated rings. The van der Waals surface area contributed by atoms with Crippen LogP contribution in [0.1, 0.15) is 61.1 Å². The number of furan rings is 1. The van der Waals surface area contributed by atoms with Crippen molar-refractivity contribution in [3.05, 3.63) is 40.9 Å². The van der Waals surface area contributed by atoms with Gasteiger partial charge in [-0.3, -0.25) is 4.79 Å². The Morgan fingerprint density at radius 1 is 1.19 bits per heavy atom. The van der Waals surface area contributed by atoms with Crippen LogP contribution >= 0.6 is 11.6 Å². The van der Waals surface area contributed by atoms with Crippen molar-refractivity contribution < 1.29 is 18.0 Å². The van der Waals surface area contributed by atoms with Crippen molar-refractivity contribution in [2.75, 3.05) is 5.32 Å². The van der Waals surface area contributed by atoms with Crippen molar-refractivity contribution in [3.8, 4) is 0 Å². The number of carbonyl (C=O) groups excluding carboxylic acids is 1. The zero-order valence-electron chi connectivity index (χ0n) is 17.0. The number of hydrogen-bond acceptors (Lipinski definition) is 4. The van der Waals surface area contributed by atoms with Gasteiger partial charge in [0.05, 0.1) is 22.1 Å². The Bertz CT molecular complexity index is 1110. The first-order valence-corrected chi connectivity index (χ1v) is 11.4. The molecule has 5 nitrogen and oxygen atoms in total. The molecule has 0 bridgehead atoms. The SMILES string of the molecule is C=C1Nc2c(Cl)cc3cc(C(=O)NC4C[C@@H]5[C@H](C4)C5(F)F)oc3c2C2(CCCCC2)N1. The molecule has 1 spiro atoms. The molecular weight excluding hydrogens is 424 g/mol. The summed E-state index contributed by atoms with van der Waals surface area (Å²) in [5, 5.41) is 11.0. The number of fused-ring (bicyclic) bond motifs is 5. The van der Waals surface area contributed by atoms with Crippen LogP contribution in [0.5, 0.6) is 0 Å². The van der Waals surface area contributed by atoms with Gasteiger partial charge >= 0.3 is 0 Å². The fourth-order valence-electron chi connectivity index (χ4n) is 6.09. The zero-order chi connectivity index (χ0) is 21.5. The van der Waals surface area contributed by atoms with E-state index >= 15 is 0 Å². The largest absolute Gasteiger partial charge is 0.450 e. The maximum absolute atomic E-state index is 13.5. The van der Waals surface area contributed by atoms with Gasteiger partial charge in [0.15, 0.2) is 5.76 Å². The van der Waals surface area contributed by atoms with Crippen molar-refractivity contribution in [1.82, 2.24) is 10.6 Å². The molecule has 0 saturated heterocycles. The summed E-state index contributed by atoms with van der Waals surface area (Å²) in [5.41, 5.74) is 2.03. The summed E-state index contributed by atoms with van der Waals surface area (Å²) in [6, 6.07) is 3.26. The molecule has 3 N–H and O–H groups in total. The van der Waals surface area contributed by atoms with E-state index in [1.807, 2.05) is 0 Å². The number of nitrogens with one attached hydrogen (secondary N) is 3. The normalized spacial score (nSPS) is 29.8. The number of benzene rings is 1. The lowest BCUT2D eigenvalue weighted by molar-refractivity contribution is 0.0645. The van der Waals surface area contributed by atoms with Crippen LogP contribution < -0.4 is 16.0 Å². The smallest absolute Gasteiger partial charge is 0.287 e. The summed E-state index contributed by atoms with van der Waals surface area (Å²) >= 11 is 6.62. The summed E-state index contributed by atoms with van der Waals surface area (Å²) in [7, 11) is 0. The number of rotatable bonds is 2. The van der Waals surface area contributed by atoms with Gasteiger partial charge in [0.2, 0.25) is 0 Å². The van der Waals surface area contributed by atoms with Crippen LogP contribution in [0.25, 0.3) is 11.0 Å². The molecular formula is C23H24ClF2N3O2. The maximum Gasteiger partial charge on any atom is 0.287 e. The Kier molecular flexibility index (Phi) is 3.99. The lowest BCUT2D eigenvalue weighted by Crippen LogP contribution is -2.48. The number of anilines is 1. The van der Waals surface area contributed by atoms with Gasteiger partial charge in [0.1, 0.15) is 5.58 Å². The highest BCUT2D eigenvalue weighted by Crippen LogP contribution is 2.64. The number of carbonyl (C=O) groups is 1. The molecule has 1 unspecified atom stereocenters. The number of amides is 1. The van der Waals surface area contributed by atoms with Crippen LogP contribution in [0.2, 0.25) is 5.02 Å². The van der Waals surface area contributed by atoms with Crippen LogP contribution in [0.15, 0.2) is 28.9 Å². The first kappa shape index (κ1) is 19.4. The van der Waals surface area contributed by atoms with E-state index in [1.54, 1.807) is 12.1 Å². The van der Waals surface area contributed by atoms with Crippen molar-refractivity contribution in [2.45, 2.75) is 62.4 Å². The minimum atomic E-state index is -2.55. The van der Waals surface area contributed by atoms with Gasteiger partial charge in [-0.1, -0.05) is 37.4 Å². The van der Waals surface area contributed by atoms with Gasteiger partial charge in [-0.2, -0.15) is 0 Å². The van der Waals surface area contributed by atoms with E-state index in [-0.39, 0.29) is 23.2 Å². The minimum Gasteiger partial charge on any atom is -0.450 e. The summed E-state index contributed by atoms with van der Waals surface area (Å²) in [5.74, 6) is -3.20. The molecule has 1 aliphatic heterocycles. The van der Waals surface area contributed by atoms with Gasteiger partial charge in [-0.25, -0.2) is 8.78 Å². The van der Waals surface area contributed by atoms with Gasteiger partial charge in [-0.05, 0) is 37.8 Å². The van der Waals surface area contributed by atoms with E-state index in [4.69, 9.17) is 16.0 Å². The first-order chi connectivity index (χ1) is 14.8. The Labute approximate surface area is 183 Å². The second kappa shape index (κ2) is 6.37. The van der Waals surface area contributed by atoms with E-state index in [0.29, 0.717) is 29.3 Å². The highest BCUT2D eigenvalue weighted by atomic mass is 35.5. The molecule has 2 aromatic rings. The molecule has 0 radical (unpaired) electrons. The second-order valence-electron chi connectivity index (χ2n) is 9.54. The summed E-state index contributed by atoms with van der Waals surface area (Å²) < 4.78 is 33.0. The molecule has 2 heterocycles. The third kappa shape index (κ3) is 2.81. The predicted octanol–water partition coefficient (Wildman–Crippen LogP) is 5.51. The monoisotopic (exact) mass is 447 g/mol. The van der Waals surface area contributed by atoms with Crippen molar-refractivity contribution in [1.29, 1.82) is 0 Å². The summed E-state index contributed by atoms with van der Waals surface area (Å²) in [6.07, 6.45) is 5.84. The number of hydrogen-bond donors (Lipinski definition) is 3. The molecule has 6 rings (SSSR count). The standard InChI is InChI=1S/C23H24ClF2N3O2/c1-11-27-19-16(24)7-12-8-17(21(30)28-13-9-14-15(10-13)23(14,25)26)31-20(12)18(19)22(29-11)5-3-2-4-6-22/h7-8,13-15,27,29H,1-6,9-10H2,(H,28,30)/t13?,14-,15+. The van der Waals surface area contributed by atoms with Crippen LogP contribution in [0, 0.1) is 11.8 Å². The van der Waals surface area contributed by atoms with E-state index in [2.05, 4.69) is 22.5 Å². The van der Waals surface area contributed by atoms with E-state index in [1.165, 1.54) is 6.42 Å². The van der Waals surface area contributed by atoms with Crippen molar-refractivity contribution >= 4 is 34.2 Å². The maximum atomic E-state index is 13.5. The topological polar surface area (TPSA) is 66.3 Å². The molecule has 4 aliphatic rings. The summed E-state index contributed by atoms with van der Waals surface area (Å²) in [4.78, 5) is 12.9. The van der Waals surface area contributed by atoms with Gasteiger partial charge in [0.25, 0.3) is 11.8 Å². The molecule has 1 amide bonds. The van der Waals surface area contributed by atoms with Crippen LogP contribution in [0.3, 0.4) is 0 Å². The lowest BCUT2D eigenvalue weighted by Gasteiger charge is -2.44. The Hall–Kier alpha value is -2.28. The molecule has 31 heavy (non-hydrogen) atoms.